The van der Waals surface area contributed by atoms with Gasteiger partial charge in [-0.25, -0.2) is 8.42 Å². The summed E-state index contributed by atoms with van der Waals surface area (Å²) < 4.78 is 27.2. The first-order valence-electron chi connectivity index (χ1n) is 6.76. The second kappa shape index (κ2) is 5.91. The van der Waals surface area contributed by atoms with E-state index in [-0.39, 0.29) is 6.04 Å². The maximum atomic E-state index is 12.8. The van der Waals surface area contributed by atoms with Crippen molar-refractivity contribution in [1.82, 2.24) is 9.62 Å². The van der Waals surface area contributed by atoms with Crippen LogP contribution in [0.25, 0.3) is 0 Å². The molecule has 0 amide bonds. The van der Waals surface area contributed by atoms with E-state index in [1.807, 2.05) is 20.0 Å². The molecule has 1 fully saturated rings. The van der Waals surface area contributed by atoms with Crippen LogP contribution in [0.5, 0.6) is 0 Å². The standard InChI is InChI=1S/C13H22N2O2S2/c1-4-11-6-5-7-15(11)19(16,17)13-8-12(9-14-3)18-10(13)2/h8,11,14H,4-7,9H2,1-3H3. The number of hydrogen-bond donors (Lipinski definition) is 1. The minimum Gasteiger partial charge on any atom is -0.315 e. The number of hydrogen-bond acceptors (Lipinski definition) is 4. The predicted molar refractivity (Wildman–Crippen MR) is 79.0 cm³/mol. The van der Waals surface area contributed by atoms with E-state index in [1.54, 1.807) is 15.6 Å². The van der Waals surface area contributed by atoms with E-state index in [0.717, 1.165) is 35.6 Å². The quantitative estimate of drug-likeness (QED) is 0.908. The van der Waals surface area contributed by atoms with E-state index in [0.29, 0.717) is 11.4 Å². The zero-order chi connectivity index (χ0) is 14.0. The third kappa shape index (κ3) is 2.86. The highest BCUT2D eigenvalue weighted by molar-refractivity contribution is 7.89. The summed E-state index contributed by atoms with van der Waals surface area (Å²) in [5.74, 6) is 0. The third-order valence-corrected chi connectivity index (χ3v) is 6.91. The number of nitrogens with zero attached hydrogens (tertiary/aromatic N) is 1. The largest absolute Gasteiger partial charge is 0.315 e. The van der Waals surface area contributed by atoms with Crippen molar-refractivity contribution in [1.29, 1.82) is 0 Å². The lowest BCUT2D eigenvalue weighted by molar-refractivity contribution is 0.379. The van der Waals surface area contributed by atoms with Gasteiger partial charge < -0.3 is 5.32 Å². The molecule has 0 bridgehead atoms. The Morgan fingerprint density at radius 3 is 2.89 bits per heavy atom. The van der Waals surface area contributed by atoms with Gasteiger partial charge in [0, 0.05) is 28.9 Å². The van der Waals surface area contributed by atoms with Crippen LogP contribution in [0.1, 0.15) is 35.9 Å². The lowest BCUT2D eigenvalue weighted by atomic mass is 10.2. The molecule has 19 heavy (non-hydrogen) atoms. The van der Waals surface area contributed by atoms with Crippen molar-refractivity contribution < 1.29 is 8.42 Å². The van der Waals surface area contributed by atoms with Gasteiger partial charge in [-0.2, -0.15) is 4.31 Å². The lowest BCUT2D eigenvalue weighted by Crippen LogP contribution is -2.35. The van der Waals surface area contributed by atoms with Crippen LogP contribution in [-0.4, -0.2) is 32.4 Å². The molecule has 1 aliphatic rings. The zero-order valence-electron chi connectivity index (χ0n) is 11.8. The van der Waals surface area contributed by atoms with Gasteiger partial charge in [0.1, 0.15) is 0 Å². The molecule has 0 radical (unpaired) electrons. The first-order chi connectivity index (χ1) is 9.00. The van der Waals surface area contributed by atoms with Crippen molar-refractivity contribution >= 4 is 21.4 Å². The molecular formula is C13H22N2O2S2. The first kappa shape index (κ1) is 15.0. The molecule has 1 aromatic heterocycles. The molecule has 1 unspecified atom stereocenters. The number of aryl methyl sites for hydroxylation is 1. The number of nitrogens with one attached hydrogen (secondary N) is 1. The van der Waals surface area contributed by atoms with E-state index < -0.39 is 10.0 Å². The minimum absolute atomic E-state index is 0.178. The summed E-state index contributed by atoms with van der Waals surface area (Å²) in [4.78, 5) is 2.47. The van der Waals surface area contributed by atoms with E-state index in [4.69, 9.17) is 0 Å². The van der Waals surface area contributed by atoms with Crippen LogP contribution >= 0.6 is 11.3 Å². The normalized spacial score (nSPS) is 21.1. The molecule has 1 atom stereocenters. The van der Waals surface area contributed by atoms with E-state index in [9.17, 15) is 8.42 Å². The summed E-state index contributed by atoms with van der Waals surface area (Å²) in [7, 11) is -1.44. The van der Waals surface area contributed by atoms with Crippen LogP contribution in [-0.2, 0) is 16.6 Å². The van der Waals surface area contributed by atoms with Gasteiger partial charge in [-0.1, -0.05) is 6.92 Å². The van der Waals surface area contributed by atoms with Crippen molar-refractivity contribution in [3.05, 3.63) is 15.8 Å². The van der Waals surface area contributed by atoms with Gasteiger partial charge in [0.05, 0.1) is 4.90 Å². The van der Waals surface area contributed by atoms with Gasteiger partial charge in [-0.3, -0.25) is 0 Å². The Morgan fingerprint density at radius 2 is 2.26 bits per heavy atom. The van der Waals surface area contributed by atoms with Gasteiger partial charge in [0.25, 0.3) is 0 Å². The Balaban J connectivity index is 2.33. The van der Waals surface area contributed by atoms with Gasteiger partial charge in [-0.05, 0) is 39.3 Å². The molecule has 1 N–H and O–H groups in total. The SMILES string of the molecule is CCC1CCCN1S(=O)(=O)c1cc(CNC)sc1C. The maximum absolute atomic E-state index is 12.8. The van der Waals surface area contributed by atoms with Crippen molar-refractivity contribution in [2.45, 2.75) is 50.6 Å². The highest BCUT2D eigenvalue weighted by Gasteiger charge is 2.35. The molecule has 1 aromatic rings. The smallest absolute Gasteiger partial charge is 0.244 e. The average molecular weight is 302 g/mol. The number of thiophene rings is 1. The fraction of sp³-hybridized carbons (Fsp3) is 0.692. The number of sulfonamides is 1. The predicted octanol–water partition coefficient (Wildman–Crippen LogP) is 2.34. The Bertz CT molecular complexity index is 537. The van der Waals surface area contributed by atoms with Gasteiger partial charge in [0.2, 0.25) is 10.0 Å². The first-order valence-corrected chi connectivity index (χ1v) is 9.02. The van der Waals surface area contributed by atoms with Crippen LogP contribution in [0.3, 0.4) is 0 Å². The van der Waals surface area contributed by atoms with E-state index in [2.05, 4.69) is 12.2 Å². The highest BCUT2D eigenvalue weighted by atomic mass is 32.2. The minimum atomic E-state index is -3.31. The molecule has 108 valence electrons. The molecular weight excluding hydrogens is 280 g/mol. The van der Waals surface area contributed by atoms with Crippen LogP contribution in [0.4, 0.5) is 0 Å². The van der Waals surface area contributed by atoms with Crippen LogP contribution in [0.2, 0.25) is 0 Å². The fourth-order valence-electron chi connectivity index (χ4n) is 2.70. The van der Waals surface area contributed by atoms with Gasteiger partial charge in [0.15, 0.2) is 0 Å². The number of rotatable bonds is 5. The summed E-state index contributed by atoms with van der Waals surface area (Å²) in [5.41, 5.74) is 0. The van der Waals surface area contributed by atoms with Crippen molar-refractivity contribution in [3.63, 3.8) is 0 Å². The Hall–Kier alpha value is -0.430. The Kier molecular flexibility index (Phi) is 4.66. The molecule has 0 spiro atoms. The summed E-state index contributed by atoms with van der Waals surface area (Å²) >= 11 is 1.57. The topological polar surface area (TPSA) is 49.4 Å². The Morgan fingerprint density at radius 1 is 1.53 bits per heavy atom. The van der Waals surface area contributed by atoms with Crippen molar-refractivity contribution in [3.8, 4) is 0 Å². The second-order valence-electron chi connectivity index (χ2n) is 4.98. The summed E-state index contributed by atoms with van der Waals surface area (Å²) in [6, 6.07) is 2.01. The van der Waals surface area contributed by atoms with Crippen LogP contribution < -0.4 is 5.32 Å². The third-order valence-electron chi connectivity index (χ3n) is 3.66. The van der Waals surface area contributed by atoms with Crippen molar-refractivity contribution in [2.75, 3.05) is 13.6 Å². The highest BCUT2D eigenvalue weighted by Crippen LogP contribution is 2.32. The molecule has 4 nitrogen and oxygen atoms in total. The molecule has 0 saturated carbocycles. The van der Waals surface area contributed by atoms with Gasteiger partial charge in [-0.15, -0.1) is 11.3 Å². The molecule has 6 heteroatoms. The lowest BCUT2D eigenvalue weighted by Gasteiger charge is -2.22. The average Bonchev–Trinajstić information content (AvgIpc) is 2.96. The molecule has 1 aliphatic heterocycles. The van der Waals surface area contributed by atoms with Crippen LogP contribution in [0, 0.1) is 6.92 Å². The molecule has 0 aliphatic carbocycles. The summed E-state index contributed by atoms with van der Waals surface area (Å²) in [6.45, 7) is 5.34. The zero-order valence-corrected chi connectivity index (χ0v) is 13.4. The Labute approximate surface area is 119 Å². The monoisotopic (exact) mass is 302 g/mol. The summed E-state index contributed by atoms with van der Waals surface area (Å²) in [5, 5.41) is 3.07. The molecule has 2 heterocycles. The van der Waals surface area contributed by atoms with Crippen molar-refractivity contribution in [2.24, 2.45) is 0 Å². The second-order valence-corrected chi connectivity index (χ2v) is 8.18. The molecule has 0 aromatic carbocycles. The summed E-state index contributed by atoms with van der Waals surface area (Å²) in [6.07, 6.45) is 2.86. The molecule has 2 rings (SSSR count). The van der Waals surface area contributed by atoms with E-state index in [1.165, 1.54) is 0 Å². The fourth-order valence-corrected chi connectivity index (χ4v) is 6.09. The van der Waals surface area contributed by atoms with Crippen LogP contribution in [0.15, 0.2) is 11.0 Å². The maximum Gasteiger partial charge on any atom is 0.244 e. The van der Waals surface area contributed by atoms with E-state index >= 15 is 0 Å². The van der Waals surface area contributed by atoms with Gasteiger partial charge >= 0.3 is 0 Å². The molecule has 1 saturated heterocycles.